The van der Waals surface area contributed by atoms with Gasteiger partial charge in [0.1, 0.15) is 29.1 Å². The summed E-state index contributed by atoms with van der Waals surface area (Å²) in [6.07, 6.45) is 3.55. The van der Waals surface area contributed by atoms with E-state index in [0.29, 0.717) is 0 Å². The van der Waals surface area contributed by atoms with E-state index >= 15 is 0 Å². The van der Waals surface area contributed by atoms with Crippen molar-refractivity contribution in [3.05, 3.63) is 150 Å². The maximum Gasteiger partial charge on any atom is 0.169 e. The molecular weight excluding hydrogens is 528 g/mol. The molecule has 0 radical (unpaired) electrons. The van der Waals surface area contributed by atoms with Crippen molar-refractivity contribution in [3.63, 3.8) is 0 Å². The Morgan fingerprint density at radius 2 is 1.33 bits per heavy atom. The predicted octanol–water partition coefficient (Wildman–Crippen LogP) is 8.65. The third kappa shape index (κ3) is 3.86. The standard InChI is InChI=1S/C38H26N4O/c1-2-9-24(10-3-1)36-40-37(42-38(41-36)35-34-31-12-6-7-13-32(31)43-33(34)20-21-39-35)26-16-17-28-25(22-26)15-19-29-27-11-5-4-8-23(27)14-18-30(28)29/h1-22,35-36,39H,(H,40,41,42). The Labute approximate surface area is 247 Å². The van der Waals surface area contributed by atoms with Crippen LogP contribution in [0, 0.1) is 0 Å². The maximum atomic E-state index is 6.20. The zero-order chi connectivity index (χ0) is 28.3. The van der Waals surface area contributed by atoms with Crippen LogP contribution in [0.1, 0.15) is 34.7 Å². The lowest BCUT2D eigenvalue weighted by Crippen LogP contribution is -2.43. The average Bonchev–Trinajstić information content (AvgIpc) is 3.47. The van der Waals surface area contributed by atoms with Crippen LogP contribution in [0.4, 0.5) is 0 Å². The highest BCUT2D eigenvalue weighted by Gasteiger charge is 2.31. The fourth-order valence-electron chi connectivity index (χ4n) is 6.54. The summed E-state index contributed by atoms with van der Waals surface area (Å²) < 4.78 is 6.20. The van der Waals surface area contributed by atoms with Crippen LogP contribution in [0.5, 0.6) is 0 Å². The Balaban J connectivity index is 1.17. The SMILES string of the molecule is C1=Cc2oc3ccccc3c2C(C2=NC(c3ccccc3)N=C(c3ccc4c(ccc5c6ccccc6ccc45)c3)N2)N1. The van der Waals surface area contributed by atoms with Crippen molar-refractivity contribution in [2.75, 3.05) is 0 Å². The topological polar surface area (TPSA) is 61.9 Å². The molecule has 5 nitrogen and oxygen atoms in total. The summed E-state index contributed by atoms with van der Waals surface area (Å²) in [4.78, 5) is 10.3. The summed E-state index contributed by atoms with van der Waals surface area (Å²) in [5.41, 5.74) is 4.01. The van der Waals surface area contributed by atoms with Crippen LogP contribution in [0.2, 0.25) is 0 Å². The molecule has 0 bridgehead atoms. The van der Waals surface area contributed by atoms with Gasteiger partial charge in [0.05, 0.1) is 0 Å². The molecule has 5 heteroatoms. The van der Waals surface area contributed by atoms with Gasteiger partial charge in [-0.1, -0.05) is 109 Å². The van der Waals surface area contributed by atoms with Crippen LogP contribution in [-0.2, 0) is 0 Å². The number of amidine groups is 2. The van der Waals surface area contributed by atoms with Gasteiger partial charge in [0.2, 0.25) is 0 Å². The van der Waals surface area contributed by atoms with Gasteiger partial charge in [0.25, 0.3) is 0 Å². The van der Waals surface area contributed by atoms with Gasteiger partial charge in [0, 0.05) is 22.7 Å². The summed E-state index contributed by atoms with van der Waals surface area (Å²) in [7, 11) is 0. The summed E-state index contributed by atoms with van der Waals surface area (Å²) in [6, 6.07) is 42.3. The number of hydrogen-bond acceptors (Lipinski definition) is 5. The average molecular weight is 555 g/mol. The number of hydrogen-bond donors (Lipinski definition) is 2. The Bertz CT molecular complexity index is 2310. The molecule has 0 saturated carbocycles. The van der Waals surface area contributed by atoms with Crippen LogP contribution in [0.25, 0.3) is 49.4 Å². The van der Waals surface area contributed by atoms with Gasteiger partial charge in [-0.2, -0.15) is 0 Å². The van der Waals surface area contributed by atoms with E-state index in [9.17, 15) is 0 Å². The third-order valence-corrected chi connectivity index (χ3v) is 8.59. The lowest BCUT2D eigenvalue weighted by atomic mass is 9.95. The molecule has 7 aromatic rings. The molecular formula is C38H26N4O. The van der Waals surface area contributed by atoms with E-state index < -0.39 is 0 Å². The zero-order valence-electron chi connectivity index (χ0n) is 23.2. The largest absolute Gasteiger partial charge is 0.456 e. The Morgan fingerprint density at radius 3 is 2.21 bits per heavy atom. The van der Waals surface area contributed by atoms with Crippen LogP contribution in [0.3, 0.4) is 0 Å². The summed E-state index contributed by atoms with van der Waals surface area (Å²) >= 11 is 0. The van der Waals surface area contributed by atoms with Crippen molar-refractivity contribution in [3.8, 4) is 0 Å². The van der Waals surface area contributed by atoms with Crippen LogP contribution >= 0.6 is 0 Å². The molecule has 0 amide bonds. The normalized spacial score (nSPS) is 17.9. The van der Waals surface area contributed by atoms with E-state index in [1.54, 1.807) is 0 Å². The van der Waals surface area contributed by atoms with Gasteiger partial charge in [-0.3, -0.25) is 0 Å². The minimum Gasteiger partial charge on any atom is -0.456 e. The molecule has 6 aromatic carbocycles. The lowest BCUT2D eigenvalue weighted by molar-refractivity contribution is 0.585. The highest BCUT2D eigenvalue weighted by Crippen LogP contribution is 2.37. The number of para-hydroxylation sites is 1. The molecule has 2 N–H and O–H groups in total. The molecule has 0 spiro atoms. The maximum absolute atomic E-state index is 6.20. The van der Waals surface area contributed by atoms with Gasteiger partial charge in [-0.05, 0) is 56.1 Å². The summed E-state index contributed by atoms with van der Waals surface area (Å²) in [6.45, 7) is 0. The number of benzene rings is 6. The minimum absolute atomic E-state index is 0.210. The summed E-state index contributed by atoms with van der Waals surface area (Å²) in [5, 5.41) is 15.7. The molecule has 0 fully saturated rings. The first-order valence-electron chi connectivity index (χ1n) is 14.6. The second-order valence-corrected chi connectivity index (χ2v) is 11.1. The monoisotopic (exact) mass is 554 g/mol. The lowest BCUT2D eigenvalue weighted by Gasteiger charge is -2.28. The van der Waals surface area contributed by atoms with Crippen LogP contribution < -0.4 is 10.6 Å². The van der Waals surface area contributed by atoms with Gasteiger partial charge < -0.3 is 15.1 Å². The third-order valence-electron chi connectivity index (χ3n) is 8.59. The molecule has 2 atom stereocenters. The fraction of sp³-hybridized carbons (Fsp3) is 0.0526. The molecule has 3 heterocycles. The second kappa shape index (κ2) is 9.43. The molecule has 1 aromatic heterocycles. The van der Waals surface area contributed by atoms with Crippen molar-refractivity contribution in [2.45, 2.75) is 12.2 Å². The highest BCUT2D eigenvalue weighted by molar-refractivity contribution is 6.19. The van der Waals surface area contributed by atoms with E-state index in [4.69, 9.17) is 14.4 Å². The number of rotatable bonds is 3. The second-order valence-electron chi connectivity index (χ2n) is 11.1. The number of nitrogens with zero attached hydrogens (tertiary/aromatic N) is 2. The Kier molecular flexibility index (Phi) is 5.26. The zero-order valence-corrected chi connectivity index (χ0v) is 23.2. The highest BCUT2D eigenvalue weighted by atomic mass is 16.3. The van der Waals surface area contributed by atoms with Gasteiger partial charge in [-0.15, -0.1) is 0 Å². The first-order valence-corrected chi connectivity index (χ1v) is 14.6. The smallest absolute Gasteiger partial charge is 0.169 e. The van der Waals surface area contributed by atoms with Gasteiger partial charge >= 0.3 is 0 Å². The van der Waals surface area contributed by atoms with E-state index in [-0.39, 0.29) is 12.2 Å². The predicted molar refractivity (Wildman–Crippen MR) is 176 cm³/mol. The fourth-order valence-corrected chi connectivity index (χ4v) is 6.54. The Hall–Kier alpha value is -5.68. The van der Waals surface area contributed by atoms with Gasteiger partial charge in [0.15, 0.2) is 6.17 Å². The van der Waals surface area contributed by atoms with Crippen molar-refractivity contribution < 1.29 is 4.42 Å². The van der Waals surface area contributed by atoms with Crippen LogP contribution in [0.15, 0.2) is 142 Å². The van der Waals surface area contributed by atoms with E-state index in [0.717, 1.165) is 45.1 Å². The number of nitrogens with one attached hydrogen (secondary N) is 2. The first kappa shape index (κ1) is 24.0. The van der Waals surface area contributed by atoms with E-state index in [1.807, 2.05) is 48.7 Å². The van der Waals surface area contributed by atoms with Crippen LogP contribution in [-0.4, -0.2) is 11.7 Å². The number of fused-ring (bicyclic) bond motifs is 8. The molecule has 2 aliphatic heterocycles. The Morgan fingerprint density at radius 1 is 0.605 bits per heavy atom. The molecule has 2 unspecified atom stereocenters. The number of aliphatic imine (C=N–C) groups is 2. The summed E-state index contributed by atoms with van der Waals surface area (Å²) in [5.74, 6) is 2.45. The molecule has 204 valence electrons. The van der Waals surface area contributed by atoms with Crippen molar-refractivity contribution in [1.82, 2.24) is 10.6 Å². The minimum atomic E-state index is -0.375. The van der Waals surface area contributed by atoms with Gasteiger partial charge in [-0.25, -0.2) is 9.98 Å². The van der Waals surface area contributed by atoms with E-state index in [2.05, 4.69) is 95.6 Å². The molecule has 0 saturated heterocycles. The molecule has 0 aliphatic carbocycles. The van der Waals surface area contributed by atoms with E-state index in [1.165, 1.54) is 32.3 Å². The van der Waals surface area contributed by atoms with Crippen molar-refractivity contribution >= 4 is 61.0 Å². The molecule has 2 aliphatic rings. The number of furan rings is 1. The quantitative estimate of drug-likeness (QED) is 0.215. The van der Waals surface area contributed by atoms with Crippen molar-refractivity contribution in [2.24, 2.45) is 9.98 Å². The molecule has 9 rings (SSSR count). The molecule has 43 heavy (non-hydrogen) atoms. The first-order chi connectivity index (χ1) is 21.3. The van der Waals surface area contributed by atoms with Crippen molar-refractivity contribution in [1.29, 1.82) is 0 Å².